The van der Waals surface area contributed by atoms with Crippen LogP contribution in [-0.2, 0) is 11.0 Å². The number of alkyl halides is 3. The van der Waals surface area contributed by atoms with Gasteiger partial charge >= 0.3 is 12.1 Å². The summed E-state index contributed by atoms with van der Waals surface area (Å²) in [5, 5.41) is 8.47. The third kappa shape index (κ3) is 4.18. The van der Waals surface area contributed by atoms with E-state index in [0.29, 0.717) is 5.56 Å². The van der Waals surface area contributed by atoms with Crippen molar-refractivity contribution in [3.63, 3.8) is 0 Å². The van der Waals surface area contributed by atoms with Crippen molar-refractivity contribution < 1.29 is 37.0 Å². The van der Waals surface area contributed by atoms with Crippen molar-refractivity contribution in [2.24, 2.45) is 0 Å². The predicted octanol–water partition coefficient (Wildman–Crippen LogP) is 4.68. The van der Waals surface area contributed by atoms with Crippen LogP contribution in [0, 0.1) is 13.8 Å². The van der Waals surface area contributed by atoms with Gasteiger partial charge in [-0.2, -0.15) is 13.2 Å². The summed E-state index contributed by atoms with van der Waals surface area (Å²) in [5.74, 6) is -3.79. The molecule has 152 valence electrons. The molecule has 0 bridgehead atoms. The third-order valence-corrected chi connectivity index (χ3v) is 4.21. The molecule has 1 heterocycles. The zero-order chi connectivity index (χ0) is 21.3. The van der Waals surface area contributed by atoms with Gasteiger partial charge in [0.2, 0.25) is 11.2 Å². The highest BCUT2D eigenvalue weighted by molar-refractivity contribution is 5.80. The molecule has 1 N–H and O–H groups in total. The molecule has 0 saturated carbocycles. The summed E-state index contributed by atoms with van der Waals surface area (Å²) in [6.07, 6.45) is -5.00. The summed E-state index contributed by atoms with van der Waals surface area (Å²) in [6.45, 7) is 2.72. The second-order valence-corrected chi connectivity index (χ2v) is 6.23. The van der Waals surface area contributed by atoms with Crippen molar-refractivity contribution in [2.75, 3.05) is 6.61 Å². The van der Waals surface area contributed by atoms with Gasteiger partial charge in [0.15, 0.2) is 6.61 Å². The molecule has 0 radical (unpaired) electrons. The Bertz CT molecular complexity index is 1150. The van der Waals surface area contributed by atoms with E-state index in [1.165, 1.54) is 18.2 Å². The van der Waals surface area contributed by atoms with Gasteiger partial charge in [-0.3, -0.25) is 4.79 Å². The van der Waals surface area contributed by atoms with Crippen molar-refractivity contribution in [2.45, 2.75) is 20.0 Å². The Balaban J connectivity index is 2.17. The van der Waals surface area contributed by atoms with Crippen molar-refractivity contribution in [1.82, 2.24) is 0 Å². The van der Waals surface area contributed by atoms with Crippen LogP contribution in [0.25, 0.3) is 11.0 Å². The highest BCUT2D eigenvalue weighted by atomic mass is 19.4. The van der Waals surface area contributed by atoms with Gasteiger partial charge in [-0.15, -0.1) is 0 Å². The first kappa shape index (κ1) is 20.2. The van der Waals surface area contributed by atoms with Gasteiger partial charge in [0, 0.05) is 6.07 Å². The Morgan fingerprint density at radius 2 is 1.90 bits per heavy atom. The van der Waals surface area contributed by atoms with E-state index in [1.807, 2.05) is 0 Å². The fourth-order valence-electron chi connectivity index (χ4n) is 2.62. The minimum absolute atomic E-state index is 0.0561. The molecule has 0 saturated heterocycles. The Kier molecular flexibility index (Phi) is 5.23. The van der Waals surface area contributed by atoms with Crippen molar-refractivity contribution in [3.8, 4) is 17.2 Å². The largest absolute Gasteiger partial charge is 0.482 e. The molecule has 0 amide bonds. The second-order valence-electron chi connectivity index (χ2n) is 6.23. The molecule has 3 rings (SSSR count). The fraction of sp³-hybridized carbons (Fsp3) is 0.200. The number of halogens is 3. The number of ether oxygens (including phenoxy) is 2. The van der Waals surface area contributed by atoms with E-state index in [4.69, 9.17) is 19.0 Å². The molecular weight excluding hydrogens is 393 g/mol. The van der Waals surface area contributed by atoms with E-state index in [-0.39, 0.29) is 16.9 Å². The Morgan fingerprint density at radius 1 is 1.17 bits per heavy atom. The number of aryl methyl sites for hydroxylation is 1. The first-order valence-electron chi connectivity index (χ1n) is 8.34. The summed E-state index contributed by atoms with van der Waals surface area (Å²) in [5.41, 5.74) is -0.0539. The van der Waals surface area contributed by atoms with Crippen LogP contribution in [0.15, 0.2) is 45.6 Å². The summed E-state index contributed by atoms with van der Waals surface area (Å²) >= 11 is 0. The van der Waals surface area contributed by atoms with E-state index in [2.05, 4.69) is 0 Å². The van der Waals surface area contributed by atoms with Crippen LogP contribution in [0.2, 0.25) is 0 Å². The van der Waals surface area contributed by atoms with Gasteiger partial charge in [-0.25, -0.2) is 4.79 Å². The van der Waals surface area contributed by atoms with Gasteiger partial charge in [0.1, 0.15) is 17.1 Å². The molecule has 6 nitrogen and oxygen atoms in total. The molecule has 0 spiro atoms. The molecule has 0 aliphatic heterocycles. The molecule has 0 unspecified atom stereocenters. The van der Waals surface area contributed by atoms with Crippen LogP contribution >= 0.6 is 0 Å². The quantitative estimate of drug-likeness (QED) is 0.660. The molecule has 9 heteroatoms. The number of carboxylic acids is 1. The van der Waals surface area contributed by atoms with Crippen LogP contribution in [0.5, 0.6) is 17.2 Å². The summed E-state index contributed by atoms with van der Waals surface area (Å²) in [6, 6.07) is 8.28. The monoisotopic (exact) mass is 408 g/mol. The zero-order valence-corrected chi connectivity index (χ0v) is 15.3. The highest BCUT2D eigenvalue weighted by Gasteiger charge is 2.40. The average Bonchev–Trinajstić information content (AvgIpc) is 2.64. The van der Waals surface area contributed by atoms with Crippen molar-refractivity contribution in [3.05, 3.63) is 63.5 Å². The lowest BCUT2D eigenvalue weighted by atomic mass is 10.1. The zero-order valence-electron chi connectivity index (χ0n) is 15.3. The molecule has 0 aliphatic carbocycles. The van der Waals surface area contributed by atoms with Gasteiger partial charge in [0.25, 0.3) is 5.76 Å². The molecular formula is C20H15F3O6. The number of fused-ring (bicyclic) bond motifs is 1. The van der Waals surface area contributed by atoms with Gasteiger partial charge in [-0.05, 0) is 43.2 Å². The lowest BCUT2D eigenvalue weighted by Gasteiger charge is -2.15. The van der Waals surface area contributed by atoms with Gasteiger partial charge in [-0.1, -0.05) is 12.1 Å². The maximum Gasteiger partial charge on any atom is 0.453 e. The number of hydrogen-bond donors (Lipinski definition) is 1. The maximum absolute atomic E-state index is 13.6. The van der Waals surface area contributed by atoms with Crippen LogP contribution in [0.3, 0.4) is 0 Å². The van der Waals surface area contributed by atoms with E-state index in [0.717, 1.165) is 11.6 Å². The predicted molar refractivity (Wildman–Crippen MR) is 96.6 cm³/mol. The van der Waals surface area contributed by atoms with Crippen molar-refractivity contribution in [1.29, 1.82) is 0 Å². The summed E-state index contributed by atoms with van der Waals surface area (Å²) in [4.78, 5) is 23.3. The highest BCUT2D eigenvalue weighted by Crippen LogP contribution is 2.39. The maximum atomic E-state index is 13.6. The average molecular weight is 408 g/mol. The Labute approximate surface area is 162 Å². The first-order chi connectivity index (χ1) is 13.6. The van der Waals surface area contributed by atoms with Crippen molar-refractivity contribution >= 4 is 16.9 Å². The fourth-order valence-corrected chi connectivity index (χ4v) is 2.62. The first-order valence-corrected chi connectivity index (χ1v) is 8.34. The van der Waals surface area contributed by atoms with E-state index in [1.54, 1.807) is 26.0 Å². The number of aliphatic carboxylic acids is 1. The molecule has 1 aromatic heterocycles. The lowest BCUT2D eigenvalue weighted by Crippen LogP contribution is -2.16. The molecule has 2 aromatic carbocycles. The topological polar surface area (TPSA) is 86.0 Å². The minimum Gasteiger partial charge on any atom is -0.482 e. The van der Waals surface area contributed by atoms with E-state index in [9.17, 15) is 22.8 Å². The third-order valence-electron chi connectivity index (χ3n) is 4.21. The molecule has 29 heavy (non-hydrogen) atoms. The van der Waals surface area contributed by atoms with Gasteiger partial charge < -0.3 is 19.0 Å². The molecule has 0 fully saturated rings. The normalized spacial score (nSPS) is 11.5. The SMILES string of the molecule is Cc1cccc(Oc2c(C(F)(F)F)oc3cc(OCC(=O)O)ccc3c2=O)c1C. The summed E-state index contributed by atoms with van der Waals surface area (Å²) in [7, 11) is 0. The standard InChI is InChI=1S/C20H15F3O6/c1-10-4-3-5-14(11(10)2)28-18-17(26)13-7-6-12(27-9-16(24)25)8-15(13)29-19(18)20(21,22)23/h3-8H,9H2,1-2H3,(H,24,25). The smallest absolute Gasteiger partial charge is 0.453 e. The second kappa shape index (κ2) is 7.50. The number of benzene rings is 2. The Morgan fingerprint density at radius 3 is 2.55 bits per heavy atom. The van der Waals surface area contributed by atoms with Crippen LogP contribution < -0.4 is 14.9 Å². The molecule has 0 aliphatic rings. The van der Waals surface area contributed by atoms with E-state index >= 15 is 0 Å². The Hall–Kier alpha value is -3.49. The lowest BCUT2D eigenvalue weighted by molar-refractivity contribution is -0.154. The number of carboxylic acid groups (broad SMARTS) is 1. The minimum atomic E-state index is -5.00. The molecule has 3 aromatic rings. The van der Waals surface area contributed by atoms with Crippen LogP contribution in [0.1, 0.15) is 16.9 Å². The molecule has 0 atom stereocenters. The number of rotatable bonds is 5. The summed E-state index contributed by atoms with van der Waals surface area (Å²) < 4.78 is 55.9. The van der Waals surface area contributed by atoms with Crippen LogP contribution in [-0.4, -0.2) is 17.7 Å². The van der Waals surface area contributed by atoms with Crippen LogP contribution in [0.4, 0.5) is 13.2 Å². The number of carbonyl (C=O) groups is 1. The van der Waals surface area contributed by atoms with E-state index < -0.39 is 41.3 Å². The van der Waals surface area contributed by atoms with Gasteiger partial charge in [0.05, 0.1) is 5.39 Å². The number of hydrogen-bond acceptors (Lipinski definition) is 5.